The van der Waals surface area contributed by atoms with Gasteiger partial charge in [0, 0.05) is 23.7 Å². The Morgan fingerprint density at radius 3 is 2.46 bits per heavy atom. The molecule has 1 fully saturated rings. The summed E-state index contributed by atoms with van der Waals surface area (Å²) in [6, 6.07) is 3.86. The predicted molar refractivity (Wildman–Crippen MR) is 110 cm³/mol. The third kappa shape index (κ3) is 6.24. The fraction of sp³-hybridized carbons (Fsp3) is 0.611. The number of amides is 1. The van der Waals surface area contributed by atoms with Gasteiger partial charge in [-0.1, -0.05) is 17.7 Å². The minimum atomic E-state index is -0.687. The normalized spacial score (nSPS) is 16.0. The van der Waals surface area contributed by atoms with Crippen LogP contribution in [-0.4, -0.2) is 56.5 Å². The number of carbonyl (C=O) groups is 1. The first-order chi connectivity index (χ1) is 11.5. The molecular formula is C18H29Cl3FN3O. The van der Waals surface area contributed by atoms with Crippen LogP contribution in [-0.2, 0) is 4.79 Å². The highest BCUT2D eigenvalue weighted by Gasteiger charge is 2.33. The highest BCUT2D eigenvalue weighted by atomic mass is 35.5. The third-order valence-corrected chi connectivity index (χ3v) is 5.08. The lowest BCUT2D eigenvalue weighted by Crippen LogP contribution is -2.45. The van der Waals surface area contributed by atoms with Crippen molar-refractivity contribution in [2.24, 2.45) is 5.92 Å². The molecule has 150 valence electrons. The number of rotatable bonds is 6. The van der Waals surface area contributed by atoms with Crippen LogP contribution in [0.25, 0.3) is 0 Å². The molecule has 0 aliphatic carbocycles. The van der Waals surface area contributed by atoms with E-state index in [4.69, 9.17) is 11.6 Å². The summed E-state index contributed by atoms with van der Waals surface area (Å²) in [4.78, 5) is 16.6. The van der Waals surface area contributed by atoms with Crippen molar-refractivity contribution < 1.29 is 9.18 Å². The first-order valence-corrected chi connectivity index (χ1v) is 8.87. The summed E-state index contributed by atoms with van der Waals surface area (Å²) in [5.74, 6) is 0.147. The molecule has 1 aliphatic heterocycles. The van der Waals surface area contributed by atoms with Crippen LogP contribution < -0.4 is 5.32 Å². The second kappa shape index (κ2) is 12.0. The highest BCUT2D eigenvalue weighted by Crippen LogP contribution is 2.31. The van der Waals surface area contributed by atoms with Crippen LogP contribution in [0.4, 0.5) is 4.39 Å². The summed E-state index contributed by atoms with van der Waals surface area (Å²) in [6.45, 7) is 2.46. The monoisotopic (exact) mass is 427 g/mol. The zero-order valence-corrected chi connectivity index (χ0v) is 17.9. The van der Waals surface area contributed by atoms with Crippen molar-refractivity contribution >= 4 is 42.3 Å². The van der Waals surface area contributed by atoms with Gasteiger partial charge in [0.15, 0.2) is 0 Å². The molecule has 1 aromatic rings. The first kappa shape index (κ1) is 25.4. The van der Waals surface area contributed by atoms with Gasteiger partial charge in [-0.15, -0.1) is 24.8 Å². The van der Waals surface area contributed by atoms with Gasteiger partial charge >= 0.3 is 0 Å². The Morgan fingerprint density at radius 1 is 1.35 bits per heavy atom. The van der Waals surface area contributed by atoms with Crippen molar-refractivity contribution in [3.8, 4) is 0 Å². The van der Waals surface area contributed by atoms with Gasteiger partial charge in [0.25, 0.3) is 0 Å². The van der Waals surface area contributed by atoms with Crippen LogP contribution in [0.5, 0.6) is 0 Å². The average molecular weight is 429 g/mol. The van der Waals surface area contributed by atoms with Gasteiger partial charge < -0.3 is 10.2 Å². The molecule has 1 heterocycles. The van der Waals surface area contributed by atoms with Gasteiger partial charge in [-0.05, 0) is 65.0 Å². The summed E-state index contributed by atoms with van der Waals surface area (Å²) in [5, 5.41) is 3.47. The number of halogens is 4. The Balaban J connectivity index is 0.00000312. The number of piperidine rings is 1. The highest BCUT2D eigenvalue weighted by molar-refractivity contribution is 6.31. The summed E-state index contributed by atoms with van der Waals surface area (Å²) in [5.41, 5.74) is 0.270. The molecule has 0 bridgehead atoms. The van der Waals surface area contributed by atoms with Gasteiger partial charge in [-0.3, -0.25) is 9.69 Å². The first-order valence-electron chi connectivity index (χ1n) is 8.49. The molecule has 1 amide bonds. The molecule has 1 aromatic carbocycles. The smallest absolute Gasteiger partial charge is 0.244 e. The molecule has 0 radical (unpaired) electrons. The van der Waals surface area contributed by atoms with E-state index in [1.165, 1.54) is 6.07 Å². The van der Waals surface area contributed by atoms with E-state index in [1.54, 1.807) is 31.1 Å². The van der Waals surface area contributed by atoms with E-state index in [2.05, 4.69) is 5.32 Å². The predicted octanol–water partition coefficient (Wildman–Crippen LogP) is 3.77. The molecule has 1 saturated heterocycles. The van der Waals surface area contributed by atoms with Crippen LogP contribution >= 0.6 is 36.4 Å². The number of nitrogens with one attached hydrogen (secondary N) is 1. The lowest BCUT2D eigenvalue weighted by Gasteiger charge is -2.36. The fourth-order valence-electron chi connectivity index (χ4n) is 3.34. The molecule has 1 N–H and O–H groups in total. The molecule has 8 heteroatoms. The zero-order valence-electron chi connectivity index (χ0n) is 15.5. The molecule has 0 aromatic heterocycles. The van der Waals surface area contributed by atoms with E-state index >= 15 is 0 Å². The lowest BCUT2D eigenvalue weighted by atomic mass is 9.92. The van der Waals surface area contributed by atoms with Gasteiger partial charge in [-0.2, -0.15) is 0 Å². The van der Waals surface area contributed by atoms with Crippen LogP contribution in [0.1, 0.15) is 30.9 Å². The standard InChI is InChI=1S/C18H27ClFN3O.2ClH/c1-21-10-7-13-8-11-23(12-9-13)18(24)17(22(2)3)16-14(19)5-4-6-15(16)20;;/h4-6,13,17,21H,7-12H2,1-3H3;2*1H. The minimum Gasteiger partial charge on any atom is -0.341 e. The Hall–Kier alpha value is -0.590. The van der Waals surface area contributed by atoms with Crippen LogP contribution in [0.3, 0.4) is 0 Å². The molecule has 1 atom stereocenters. The van der Waals surface area contributed by atoms with Gasteiger partial charge in [-0.25, -0.2) is 4.39 Å². The van der Waals surface area contributed by atoms with Gasteiger partial charge in [0.1, 0.15) is 11.9 Å². The molecule has 2 rings (SSSR count). The number of benzene rings is 1. The number of hydrogen-bond donors (Lipinski definition) is 1. The van der Waals surface area contributed by atoms with E-state index in [1.807, 2.05) is 11.9 Å². The molecule has 0 spiro atoms. The van der Waals surface area contributed by atoms with Crippen molar-refractivity contribution in [2.45, 2.75) is 25.3 Å². The second-order valence-electron chi connectivity index (χ2n) is 6.66. The van der Waals surface area contributed by atoms with E-state index in [0.717, 1.165) is 38.9 Å². The van der Waals surface area contributed by atoms with Gasteiger partial charge in [0.2, 0.25) is 5.91 Å². The maximum atomic E-state index is 14.3. The van der Waals surface area contributed by atoms with Crippen LogP contribution in [0.2, 0.25) is 5.02 Å². The van der Waals surface area contributed by atoms with E-state index < -0.39 is 11.9 Å². The SMILES string of the molecule is CNCCC1CCN(C(=O)C(c2c(F)cccc2Cl)N(C)C)CC1.Cl.Cl. The molecular weight excluding hydrogens is 400 g/mol. The second-order valence-corrected chi connectivity index (χ2v) is 7.07. The topological polar surface area (TPSA) is 35.6 Å². The Bertz CT molecular complexity index is 546. The minimum absolute atomic E-state index is 0. The summed E-state index contributed by atoms with van der Waals surface area (Å²) < 4.78 is 14.3. The molecule has 0 saturated carbocycles. The molecule has 26 heavy (non-hydrogen) atoms. The fourth-order valence-corrected chi connectivity index (χ4v) is 3.60. The summed E-state index contributed by atoms with van der Waals surface area (Å²) >= 11 is 6.19. The van der Waals surface area contributed by atoms with Gasteiger partial charge in [0.05, 0.1) is 0 Å². The van der Waals surface area contributed by atoms with Crippen molar-refractivity contribution in [1.29, 1.82) is 0 Å². The maximum absolute atomic E-state index is 14.3. The number of hydrogen-bond acceptors (Lipinski definition) is 3. The average Bonchev–Trinajstić information content (AvgIpc) is 2.56. The molecule has 4 nitrogen and oxygen atoms in total. The molecule has 1 aliphatic rings. The molecule has 1 unspecified atom stereocenters. The summed E-state index contributed by atoms with van der Waals surface area (Å²) in [6.07, 6.45) is 3.13. The van der Waals surface area contributed by atoms with Crippen LogP contribution in [0.15, 0.2) is 18.2 Å². The Morgan fingerprint density at radius 2 is 1.96 bits per heavy atom. The Kier molecular flexibility index (Phi) is 11.7. The number of likely N-dealkylation sites (N-methyl/N-ethyl adjacent to an activating group) is 1. The Labute approximate surface area is 173 Å². The van der Waals surface area contributed by atoms with Crippen molar-refractivity contribution in [1.82, 2.24) is 15.1 Å². The van der Waals surface area contributed by atoms with Crippen molar-refractivity contribution in [2.75, 3.05) is 40.8 Å². The quantitative estimate of drug-likeness (QED) is 0.749. The van der Waals surface area contributed by atoms with Crippen LogP contribution in [0, 0.1) is 11.7 Å². The zero-order chi connectivity index (χ0) is 17.7. The largest absolute Gasteiger partial charge is 0.341 e. The third-order valence-electron chi connectivity index (χ3n) is 4.75. The number of likely N-dealkylation sites (tertiary alicyclic amines) is 1. The summed E-state index contributed by atoms with van der Waals surface area (Å²) in [7, 11) is 5.52. The van der Waals surface area contributed by atoms with E-state index in [-0.39, 0.29) is 36.3 Å². The lowest BCUT2D eigenvalue weighted by molar-refractivity contribution is -0.137. The number of nitrogens with zero attached hydrogens (tertiary/aromatic N) is 2. The van der Waals surface area contributed by atoms with E-state index in [0.29, 0.717) is 10.9 Å². The maximum Gasteiger partial charge on any atom is 0.244 e. The van der Waals surface area contributed by atoms with E-state index in [9.17, 15) is 9.18 Å². The number of carbonyl (C=O) groups excluding carboxylic acids is 1. The van der Waals surface area contributed by atoms with Crippen molar-refractivity contribution in [3.05, 3.63) is 34.6 Å². The van der Waals surface area contributed by atoms with Crippen molar-refractivity contribution in [3.63, 3.8) is 0 Å².